The fourth-order valence-electron chi connectivity index (χ4n) is 4.91. The molecule has 0 bridgehead atoms. The van der Waals surface area contributed by atoms with Crippen LogP contribution in [0.25, 0.3) is 0 Å². The minimum Gasteiger partial charge on any atom is -0.378 e. The Balaban J connectivity index is 2.30. The molecular weight excluding hydrogens is 236 g/mol. The van der Waals surface area contributed by atoms with Gasteiger partial charge in [-0.3, -0.25) is 4.90 Å². The molecule has 3 nitrogen and oxygen atoms in total. The maximum Gasteiger partial charge on any atom is 0.0645 e. The second-order valence-electron chi connectivity index (χ2n) is 8.30. The smallest absolute Gasteiger partial charge is 0.0645 e. The van der Waals surface area contributed by atoms with E-state index in [1.807, 2.05) is 0 Å². The van der Waals surface area contributed by atoms with Gasteiger partial charge < -0.3 is 10.5 Å². The SMILES string of the molecule is CC1CC(C)(C)CC(CN)(N2CCOCC2(C)C)C1. The van der Waals surface area contributed by atoms with Crippen molar-refractivity contribution < 1.29 is 4.74 Å². The van der Waals surface area contributed by atoms with E-state index in [0.717, 1.165) is 32.2 Å². The normalized spacial score (nSPS) is 39.2. The van der Waals surface area contributed by atoms with Crippen molar-refractivity contribution in [2.75, 3.05) is 26.3 Å². The van der Waals surface area contributed by atoms with Crippen molar-refractivity contribution in [3.63, 3.8) is 0 Å². The van der Waals surface area contributed by atoms with Gasteiger partial charge in [-0.1, -0.05) is 20.8 Å². The first-order chi connectivity index (χ1) is 8.71. The quantitative estimate of drug-likeness (QED) is 0.837. The van der Waals surface area contributed by atoms with Crippen LogP contribution in [0.3, 0.4) is 0 Å². The Morgan fingerprint density at radius 3 is 2.42 bits per heavy atom. The van der Waals surface area contributed by atoms with Gasteiger partial charge in [-0.25, -0.2) is 0 Å². The molecule has 3 heteroatoms. The lowest BCUT2D eigenvalue weighted by molar-refractivity contribution is -0.131. The molecule has 2 fully saturated rings. The molecule has 0 aromatic rings. The minimum atomic E-state index is 0.102. The molecule has 19 heavy (non-hydrogen) atoms. The van der Waals surface area contributed by atoms with Crippen molar-refractivity contribution in [1.29, 1.82) is 0 Å². The van der Waals surface area contributed by atoms with Gasteiger partial charge in [0, 0.05) is 24.2 Å². The lowest BCUT2D eigenvalue weighted by atomic mass is 9.63. The Bertz CT molecular complexity index is 327. The molecule has 2 N–H and O–H groups in total. The molecule has 0 radical (unpaired) electrons. The number of nitrogens with zero attached hydrogens (tertiary/aromatic N) is 1. The van der Waals surface area contributed by atoms with E-state index < -0.39 is 0 Å². The Morgan fingerprint density at radius 2 is 1.89 bits per heavy atom. The van der Waals surface area contributed by atoms with Gasteiger partial charge in [-0.2, -0.15) is 0 Å². The van der Waals surface area contributed by atoms with Crippen LogP contribution in [0.2, 0.25) is 0 Å². The van der Waals surface area contributed by atoms with Crippen LogP contribution < -0.4 is 5.73 Å². The largest absolute Gasteiger partial charge is 0.378 e. The van der Waals surface area contributed by atoms with Gasteiger partial charge in [-0.05, 0) is 44.4 Å². The molecule has 0 spiro atoms. The molecule has 0 aromatic heterocycles. The molecule has 1 aliphatic carbocycles. The third kappa shape index (κ3) is 2.98. The summed E-state index contributed by atoms with van der Waals surface area (Å²) in [5.41, 5.74) is 6.95. The Morgan fingerprint density at radius 1 is 1.21 bits per heavy atom. The van der Waals surface area contributed by atoms with Crippen molar-refractivity contribution in [2.24, 2.45) is 17.1 Å². The zero-order valence-corrected chi connectivity index (χ0v) is 13.5. The van der Waals surface area contributed by atoms with Crippen molar-refractivity contribution in [3.8, 4) is 0 Å². The Labute approximate surface area is 118 Å². The fraction of sp³-hybridized carbons (Fsp3) is 1.00. The Hall–Kier alpha value is -0.120. The Kier molecular flexibility index (Phi) is 4.03. The first-order valence-corrected chi connectivity index (χ1v) is 7.76. The molecule has 2 aliphatic rings. The molecule has 2 rings (SSSR count). The topological polar surface area (TPSA) is 38.5 Å². The van der Waals surface area contributed by atoms with Crippen LogP contribution in [-0.4, -0.2) is 42.3 Å². The van der Waals surface area contributed by atoms with E-state index in [0.29, 0.717) is 5.41 Å². The molecule has 2 unspecified atom stereocenters. The average Bonchev–Trinajstić information content (AvgIpc) is 2.25. The first-order valence-electron chi connectivity index (χ1n) is 7.76. The summed E-state index contributed by atoms with van der Waals surface area (Å²) in [6.45, 7) is 15.3. The third-order valence-corrected chi connectivity index (χ3v) is 5.03. The zero-order chi connectivity index (χ0) is 14.3. The van der Waals surface area contributed by atoms with Crippen molar-refractivity contribution in [3.05, 3.63) is 0 Å². The van der Waals surface area contributed by atoms with Gasteiger partial charge in [-0.15, -0.1) is 0 Å². The maximum atomic E-state index is 6.29. The number of morpholine rings is 1. The summed E-state index contributed by atoms with van der Waals surface area (Å²) in [5, 5.41) is 0. The summed E-state index contributed by atoms with van der Waals surface area (Å²) < 4.78 is 5.69. The number of hydrogen-bond acceptors (Lipinski definition) is 3. The molecule has 2 atom stereocenters. The number of hydrogen-bond donors (Lipinski definition) is 1. The van der Waals surface area contributed by atoms with Gasteiger partial charge >= 0.3 is 0 Å². The summed E-state index contributed by atoms with van der Waals surface area (Å²) in [6, 6.07) is 0. The van der Waals surface area contributed by atoms with Crippen LogP contribution in [0.4, 0.5) is 0 Å². The molecule has 1 saturated carbocycles. The van der Waals surface area contributed by atoms with Crippen LogP contribution >= 0.6 is 0 Å². The van der Waals surface area contributed by atoms with E-state index in [9.17, 15) is 0 Å². The highest BCUT2D eigenvalue weighted by Gasteiger charge is 2.50. The highest BCUT2D eigenvalue weighted by atomic mass is 16.5. The second kappa shape index (κ2) is 5.01. The minimum absolute atomic E-state index is 0.102. The first kappa shape index (κ1) is 15.3. The van der Waals surface area contributed by atoms with Crippen LogP contribution in [0, 0.1) is 11.3 Å². The predicted molar refractivity (Wildman–Crippen MR) is 80.2 cm³/mol. The van der Waals surface area contributed by atoms with Crippen LogP contribution in [0.5, 0.6) is 0 Å². The maximum absolute atomic E-state index is 6.29. The van der Waals surface area contributed by atoms with E-state index in [-0.39, 0.29) is 11.1 Å². The molecule has 1 aliphatic heterocycles. The van der Waals surface area contributed by atoms with Gasteiger partial charge in [0.2, 0.25) is 0 Å². The summed E-state index contributed by atoms with van der Waals surface area (Å²) >= 11 is 0. The van der Waals surface area contributed by atoms with Crippen LogP contribution in [0.1, 0.15) is 53.9 Å². The summed E-state index contributed by atoms with van der Waals surface area (Å²) in [4.78, 5) is 2.67. The fourth-order valence-corrected chi connectivity index (χ4v) is 4.91. The third-order valence-electron chi connectivity index (χ3n) is 5.03. The molecule has 112 valence electrons. The second-order valence-corrected chi connectivity index (χ2v) is 8.30. The molecule has 0 aromatic carbocycles. The van der Waals surface area contributed by atoms with E-state index in [4.69, 9.17) is 10.5 Å². The monoisotopic (exact) mass is 268 g/mol. The molecule has 1 saturated heterocycles. The van der Waals surface area contributed by atoms with Crippen LogP contribution in [-0.2, 0) is 4.74 Å². The van der Waals surface area contributed by atoms with Crippen molar-refractivity contribution in [1.82, 2.24) is 4.90 Å². The highest BCUT2D eigenvalue weighted by molar-refractivity contribution is 5.05. The van der Waals surface area contributed by atoms with Gasteiger partial charge in [0.15, 0.2) is 0 Å². The molecule has 1 heterocycles. The lowest BCUT2D eigenvalue weighted by Gasteiger charge is -2.59. The molecule has 0 amide bonds. The highest BCUT2D eigenvalue weighted by Crippen LogP contribution is 2.48. The van der Waals surface area contributed by atoms with Crippen LogP contribution in [0.15, 0.2) is 0 Å². The number of rotatable bonds is 2. The number of nitrogens with two attached hydrogens (primary N) is 1. The molecular formula is C16H32N2O. The number of ether oxygens (including phenoxy) is 1. The summed E-state index contributed by atoms with van der Waals surface area (Å²) in [7, 11) is 0. The zero-order valence-electron chi connectivity index (χ0n) is 13.5. The average molecular weight is 268 g/mol. The van der Waals surface area contributed by atoms with E-state index in [2.05, 4.69) is 39.5 Å². The van der Waals surface area contributed by atoms with Gasteiger partial charge in [0.05, 0.1) is 13.2 Å². The van der Waals surface area contributed by atoms with Crippen molar-refractivity contribution >= 4 is 0 Å². The predicted octanol–water partition coefficient (Wildman–Crippen LogP) is 2.64. The van der Waals surface area contributed by atoms with Crippen molar-refractivity contribution in [2.45, 2.75) is 65.0 Å². The summed E-state index contributed by atoms with van der Waals surface area (Å²) in [6.07, 6.45) is 3.76. The summed E-state index contributed by atoms with van der Waals surface area (Å²) in [5.74, 6) is 0.756. The van der Waals surface area contributed by atoms with Gasteiger partial charge in [0.1, 0.15) is 0 Å². The standard InChI is InChI=1S/C16H32N2O/c1-13-8-14(2,3)10-16(9-13,11-17)18-6-7-19-12-15(18,4)5/h13H,6-12,17H2,1-5H3. The lowest BCUT2D eigenvalue weighted by Crippen LogP contribution is -2.68. The van der Waals surface area contributed by atoms with E-state index in [1.165, 1.54) is 19.3 Å². The van der Waals surface area contributed by atoms with E-state index >= 15 is 0 Å². The van der Waals surface area contributed by atoms with Gasteiger partial charge in [0.25, 0.3) is 0 Å². The van der Waals surface area contributed by atoms with E-state index in [1.54, 1.807) is 0 Å².